The first-order valence-corrected chi connectivity index (χ1v) is 8.17. The molecule has 102 valence electrons. The maximum Gasteiger partial charge on any atom is 0.0705 e. The summed E-state index contributed by atoms with van der Waals surface area (Å²) < 4.78 is 0. The van der Waals surface area contributed by atoms with Gasteiger partial charge in [-0.3, -0.25) is 4.98 Å². The molecular formula is C16H22N2S. The van der Waals surface area contributed by atoms with Gasteiger partial charge in [0.2, 0.25) is 0 Å². The van der Waals surface area contributed by atoms with Crippen molar-refractivity contribution in [1.29, 1.82) is 0 Å². The van der Waals surface area contributed by atoms with Crippen LogP contribution in [0.4, 0.5) is 0 Å². The minimum atomic E-state index is 0.569. The summed E-state index contributed by atoms with van der Waals surface area (Å²) in [6.45, 7) is 5.21. The van der Waals surface area contributed by atoms with Crippen molar-refractivity contribution in [3.05, 3.63) is 41.6 Å². The molecule has 0 radical (unpaired) electrons. The van der Waals surface area contributed by atoms with E-state index in [0.29, 0.717) is 6.04 Å². The number of benzene rings is 1. The number of hydrogen-bond donors (Lipinski definition) is 1. The molecule has 2 nitrogen and oxygen atoms in total. The van der Waals surface area contributed by atoms with E-state index in [1.165, 1.54) is 23.1 Å². The van der Waals surface area contributed by atoms with Crippen LogP contribution in [0, 0.1) is 6.92 Å². The van der Waals surface area contributed by atoms with Gasteiger partial charge < -0.3 is 5.32 Å². The molecule has 1 aromatic heterocycles. The molecule has 0 aliphatic carbocycles. The highest BCUT2D eigenvalue weighted by Gasteiger charge is 2.02. The Labute approximate surface area is 120 Å². The zero-order chi connectivity index (χ0) is 13.7. The molecule has 1 heterocycles. The summed E-state index contributed by atoms with van der Waals surface area (Å²) in [5.74, 6) is 1.22. The summed E-state index contributed by atoms with van der Waals surface area (Å²) in [6.07, 6.45) is 3.38. The normalized spacial score (nSPS) is 12.8. The first-order chi connectivity index (χ1) is 9.19. The molecule has 19 heavy (non-hydrogen) atoms. The monoisotopic (exact) mass is 274 g/mol. The molecule has 0 saturated heterocycles. The third kappa shape index (κ3) is 4.22. The topological polar surface area (TPSA) is 24.9 Å². The van der Waals surface area contributed by atoms with Crippen molar-refractivity contribution in [3.8, 4) is 0 Å². The average molecular weight is 274 g/mol. The molecule has 0 bridgehead atoms. The molecule has 1 aromatic carbocycles. The molecule has 0 aliphatic heterocycles. The van der Waals surface area contributed by atoms with E-state index in [9.17, 15) is 0 Å². The molecule has 0 aliphatic rings. The van der Waals surface area contributed by atoms with E-state index in [1.54, 1.807) is 0 Å². The molecule has 2 aromatic rings. The summed E-state index contributed by atoms with van der Waals surface area (Å²) in [5, 5.41) is 4.80. The van der Waals surface area contributed by atoms with Crippen molar-refractivity contribution in [1.82, 2.24) is 10.3 Å². The van der Waals surface area contributed by atoms with E-state index in [1.807, 2.05) is 18.7 Å². The van der Waals surface area contributed by atoms with Crippen molar-refractivity contribution in [2.45, 2.75) is 32.9 Å². The van der Waals surface area contributed by atoms with Gasteiger partial charge in [-0.15, -0.1) is 0 Å². The highest BCUT2D eigenvalue weighted by Crippen LogP contribution is 2.15. The van der Waals surface area contributed by atoms with Crippen LogP contribution in [0.2, 0.25) is 0 Å². The van der Waals surface area contributed by atoms with Crippen molar-refractivity contribution in [2.24, 2.45) is 0 Å². The second-order valence-corrected chi connectivity index (χ2v) is 6.03. The van der Waals surface area contributed by atoms with Crippen LogP contribution in [0.3, 0.4) is 0 Å². The number of thioether (sulfide) groups is 1. The van der Waals surface area contributed by atoms with E-state index in [4.69, 9.17) is 0 Å². The van der Waals surface area contributed by atoms with Crippen LogP contribution in [0.5, 0.6) is 0 Å². The van der Waals surface area contributed by atoms with Crippen LogP contribution < -0.4 is 5.32 Å². The predicted molar refractivity (Wildman–Crippen MR) is 85.8 cm³/mol. The van der Waals surface area contributed by atoms with E-state index in [-0.39, 0.29) is 0 Å². The zero-order valence-electron chi connectivity index (χ0n) is 11.9. The van der Waals surface area contributed by atoms with Crippen LogP contribution in [0.1, 0.15) is 24.6 Å². The second kappa shape index (κ2) is 6.92. The van der Waals surface area contributed by atoms with E-state index < -0.39 is 0 Å². The number of hydrogen-bond acceptors (Lipinski definition) is 3. The summed E-state index contributed by atoms with van der Waals surface area (Å²) >= 11 is 1.91. The summed E-state index contributed by atoms with van der Waals surface area (Å²) in [7, 11) is 0. The van der Waals surface area contributed by atoms with E-state index in [2.05, 4.69) is 53.8 Å². The van der Waals surface area contributed by atoms with Crippen LogP contribution >= 0.6 is 11.8 Å². The molecule has 3 heteroatoms. The number of rotatable bonds is 6. The van der Waals surface area contributed by atoms with Gasteiger partial charge in [-0.05, 0) is 56.0 Å². The number of pyridine rings is 1. The Hall–Kier alpha value is -1.06. The number of fused-ring (bicyclic) bond motifs is 1. The third-order valence-corrected chi connectivity index (χ3v) is 3.95. The molecule has 1 unspecified atom stereocenters. The lowest BCUT2D eigenvalue weighted by molar-refractivity contribution is 0.538. The first kappa shape index (κ1) is 14.4. The summed E-state index contributed by atoms with van der Waals surface area (Å²) in [4.78, 5) is 4.53. The van der Waals surface area contributed by atoms with Gasteiger partial charge in [0.1, 0.15) is 0 Å². The van der Waals surface area contributed by atoms with Gasteiger partial charge in [0, 0.05) is 23.7 Å². The van der Waals surface area contributed by atoms with Gasteiger partial charge in [0.15, 0.2) is 0 Å². The number of nitrogens with zero attached hydrogens (tertiary/aromatic N) is 1. The van der Waals surface area contributed by atoms with Crippen LogP contribution in [0.15, 0.2) is 30.3 Å². The Kier molecular flexibility index (Phi) is 5.23. The molecule has 0 spiro atoms. The third-order valence-electron chi connectivity index (χ3n) is 3.30. The lowest BCUT2D eigenvalue weighted by Gasteiger charge is -2.13. The first-order valence-electron chi connectivity index (χ1n) is 6.77. The standard InChI is InChI=1S/C16H22N2S/c1-12(8-9-19-3)17-11-14-5-7-16-15(10-14)6-4-13(2)18-16/h4-7,10,12,17H,8-9,11H2,1-3H3. The maximum absolute atomic E-state index is 4.53. The zero-order valence-corrected chi connectivity index (χ0v) is 12.8. The molecule has 1 atom stereocenters. The largest absolute Gasteiger partial charge is 0.310 e. The SMILES string of the molecule is CSCCC(C)NCc1ccc2nc(C)ccc2c1. The fraction of sp³-hybridized carbons (Fsp3) is 0.438. The molecule has 0 fully saturated rings. The van der Waals surface area contributed by atoms with Crippen molar-refractivity contribution in [3.63, 3.8) is 0 Å². The van der Waals surface area contributed by atoms with E-state index in [0.717, 1.165) is 17.8 Å². The van der Waals surface area contributed by atoms with Crippen molar-refractivity contribution < 1.29 is 0 Å². The lowest BCUT2D eigenvalue weighted by Crippen LogP contribution is -2.25. The second-order valence-electron chi connectivity index (χ2n) is 5.04. The quantitative estimate of drug-likeness (QED) is 0.868. The lowest BCUT2D eigenvalue weighted by atomic mass is 10.1. The summed E-state index contributed by atoms with van der Waals surface area (Å²) in [5.41, 5.74) is 3.48. The fourth-order valence-corrected chi connectivity index (χ4v) is 2.66. The van der Waals surface area contributed by atoms with Crippen LogP contribution in [-0.4, -0.2) is 23.0 Å². The number of aromatic nitrogens is 1. The molecule has 1 N–H and O–H groups in total. The average Bonchev–Trinajstić information content (AvgIpc) is 2.42. The Morgan fingerprint density at radius 1 is 1.26 bits per heavy atom. The number of nitrogens with one attached hydrogen (secondary N) is 1. The van der Waals surface area contributed by atoms with Crippen molar-refractivity contribution >= 4 is 22.7 Å². The van der Waals surface area contributed by atoms with Gasteiger partial charge in [-0.1, -0.05) is 12.1 Å². The minimum Gasteiger partial charge on any atom is -0.310 e. The van der Waals surface area contributed by atoms with Crippen LogP contribution in [0.25, 0.3) is 10.9 Å². The Morgan fingerprint density at radius 2 is 2.11 bits per heavy atom. The smallest absolute Gasteiger partial charge is 0.0705 e. The highest BCUT2D eigenvalue weighted by atomic mass is 32.2. The molecule has 0 saturated carbocycles. The predicted octanol–water partition coefficient (Wildman–Crippen LogP) is 3.77. The number of aryl methyl sites for hydroxylation is 1. The summed E-state index contributed by atoms with van der Waals surface area (Å²) in [6, 6.07) is 11.3. The maximum atomic E-state index is 4.53. The van der Waals surface area contributed by atoms with Gasteiger partial charge in [-0.25, -0.2) is 0 Å². The van der Waals surface area contributed by atoms with Gasteiger partial charge in [-0.2, -0.15) is 11.8 Å². The molecular weight excluding hydrogens is 252 g/mol. The van der Waals surface area contributed by atoms with E-state index >= 15 is 0 Å². The molecule has 0 amide bonds. The Balaban J connectivity index is 1.99. The van der Waals surface area contributed by atoms with Crippen LogP contribution in [-0.2, 0) is 6.54 Å². The fourth-order valence-electron chi connectivity index (χ4n) is 2.08. The van der Waals surface area contributed by atoms with Gasteiger partial charge >= 0.3 is 0 Å². The van der Waals surface area contributed by atoms with Gasteiger partial charge in [0.05, 0.1) is 5.52 Å². The highest BCUT2D eigenvalue weighted by molar-refractivity contribution is 7.98. The van der Waals surface area contributed by atoms with Gasteiger partial charge in [0.25, 0.3) is 0 Å². The Bertz CT molecular complexity index is 539. The van der Waals surface area contributed by atoms with Crippen molar-refractivity contribution in [2.75, 3.05) is 12.0 Å². The molecule has 2 rings (SSSR count). The minimum absolute atomic E-state index is 0.569. The Morgan fingerprint density at radius 3 is 2.89 bits per heavy atom.